The van der Waals surface area contributed by atoms with Crippen LogP contribution in [0.25, 0.3) is 0 Å². The molecule has 1 atom stereocenters. The van der Waals surface area contributed by atoms with Gasteiger partial charge in [0.2, 0.25) is 0 Å². The molecule has 2 N–H and O–H groups in total. The van der Waals surface area contributed by atoms with Gasteiger partial charge >= 0.3 is 0 Å². The third-order valence-electron chi connectivity index (χ3n) is 3.40. The lowest BCUT2D eigenvalue weighted by Gasteiger charge is -2.18. The van der Waals surface area contributed by atoms with E-state index in [1.165, 1.54) is 5.56 Å². The van der Waals surface area contributed by atoms with E-state index in [1.807, 2.05) is 12.1 Å². The van der Waals surface area contributed by atoms with Crippen LogP contribution < -0.4 is 10.1 Å². The van der Waals surface area contributed by atoms with Crippen LogP contribution in [0.5, 0.6) is 5.75 Å². The minimum atomic E-state index is 0.296. The zero-order chi connectivity index (χ0) is 14.6. The molecule has 0 saturated heterocycles. The van der Waals surface area contributed by atoms with E-state index in [1.54, 1.807) is 0 Å². The second-order valence-electron chi connectivity index (χ2n) is 5.20. The molecular formula is C17H29NO2. The van der Waals surface area contributed by atoms with E-state index in [9.17, 15) is 0 Å². The van der Waals surface area contributed by atoms with Crippen molar-refractivity contribution in [2.75, 3.05) is 19.8 Å². The van der Waals surface area contributed by atoms with Gasteiger partial charge in [0, 0.05) is 18.2 Å². The molecule has 0 aliphatic rings. The highest BCUT2D eigenvalue weighted by Gasteiger charge is 2.10. The van der Waals surface area contributed by atoms with Gasteiger partial charge in [0.15, 0.2) is 0 Å². The molecule has 1 rings (SSSR count). The van der Waals surface area contributed by atoms with Gasteiger partial charge in [-0.2, -0.15) is 0 Å². The molecule has 0 spiro atoms. The Morgan fingerprint density at radius 2 is 1.90 bits per heavy atom. The second kappa shape index (κ2) is 10.7. The van der Waals surface area contributed by atoms with E-state index >= 15 is 0 Å². The monoisotopic (exact) mass is 279 g/mol. The van der Waals surface area contributed by atoms with Crippen LogP contribution in [-0.4, -0.2) is 24.9 Å². The largest absolute Gasteiger partial charge is 0.493 e. The van der Waals surface area contributed by atoms with Gasteiger partial charge in [-0.1, -0.05) is 31.5 Å². The maximum atomic E-state index is 8.73. The average Bonchev–Trinajstić information content (AvgIpc) is 2.48. The lowest BCUT2D eigenvalue weighted by Crippen LogP contribution is -2.20. The van der Waals surface area contributed by atoms with Crippen LogP contribution in [0.15, 0.2) is 24.3 Å². The van der Waals surface area contributed by atoms with Crippen molar-refractivity contribution in [2.45, 2.75) is 52.0 Å². The van der Waals surface area contributed by atoms with Gasteiger partial charge < -0.3 is 15.2 Å². The van der Waals surface area contributed by atoms with E-state index in [0.29, 0.717) is 12.6 Å². The molecule has 1 aromatic carbocycles. The fourth-order valence-electron chi connectivity index (χ4n) is 2.19. The Kier molecular flexibility index (Phi) is 9.09. The molecule has 3 heteroatoms. The maximum absolute atomic E-state index is 8.73. The summed E-state index contributed by atoms with van der Waals surface area (Å²) < 4.78 is 5.92. The van der Waals surface area contributed by atoms with Crippen molar-refractivity contribution >= 4 is 0 Å². The Balaban J connectivity index is 2.40. The predicted molar refractivity (Wildman–Crippen MR) is 84.2 cm³/mol. The van der Waals surface area contributed by atoms with Gasteiger partial charge in [0.25, 0.3) is 0 Å². The Bertz CT molecular complexity index is 355. The molecule has 0 fully saturated rings. The normalized spacial score (nSPS) is 12.3. The molecule has 0 aromatic heterocycles. The Morgan fingerprint density at radius 3 is 2.65 bits per heavy atom. The zero-order valence-electron chi connectivity index (χ0n) is 12.9. The first-order valence-electron chi connectivity index (χ1n) is 7.85. The standard InChI is InChI=1S/C17H29NO2/c1-3-12-18-15(2)16-10-6-7-11-17(16)20-14-9-5-4-8-13-19/h6-7,10-11,15,18-19H,3-5,8-9,12-14H2,1-2H3. The van der Waals surface area contributed by atoms with Crippen LogP contribution in [-0.2, 0) is 0 Å². The molecular weight excluding hydrogens is 250 g/mol. The molecule has 0 bridgehead atoms. The summed E-state index contributed by atoms with van der Waals surface area (Å²) >= 11 is 0. The van der Waals surface area contributed by atoms with Crippen LogP contribution in [0.3, 0.4) is 0 Å². The van der Waals surface area contributed by atoms with Crippen LogP contribution in [0.2, 0.25) is 0 Å². The first-order chi connectivity index (χ1) is 9.79. The number of benzene rings is 1. The number of hydrogen-bond acceptors (Lipinski definition) is 3. The van der Waals surface area contributed by atoms with E-state index in [-0.39, 0.29) is 0 Å². The number of aliphatic hydroxyl groups excluding tert-OH is 1. The number of aliphatic hydroxyl groups is 1. The minimum Gasteiger partial charge on any atom is -0.493 e. The highest BCUT2D eigenvalue weighted by molar-refractivity contribution is 5.35. The summed E-state index contributed by atoms with van der Waals surface area (Å²) in [4.78, 5) is 0. The summed E-state index contributed by atoms with van der Waals surface area (Å²) in [5.41, 5.74) is 1.23. The average molecular weight is 279 g/mol. The van der Waals surface area contributed by atoms with Gasteiger partial charge in [-0.25, -0.2) is 0 Å². The number of rotatable bonds is 11. The van der Waals surface area contributed by atoms with Gasteiger partial charge in [-0.05, 0) is 45.2 Å². The van der Waals surface area contributed by atoms with E-state index in [0.717, 1.165) is 51.0 Å². The molecule has 0 amide bonds. The Hall–Kier alpha value is -1.06. The number of hydrogen-bond donors (Lipinski definition) is 2. The summed E-state index contributed by atoms with van der Waals surface area (Å²) in [5, 5.41) is 12.2. The molecule has 114 valence electrons. The molecule has 1 aromatic rings. The van der Waals surface area contributed by atoms with Crippen molar-refractivity contribution < 1.29 is 9.84 Å². The first-order valence-corrected chi connectivity index (χ1v) is 7.85. The van der Waals surface area contributed by atoms with Crippen molar-refractivity contribution in [2.24, 2.45) is 0 Å². The summed E-state index contributed by atoms with van der Waals surface area (Å²) in [6, 6.07) is 8.59. The van der Waals surface area contributed by atoms with Crippen LogP contribution >= 0.6 is 0 Å². The van der Waals surface area contributed by atoms with Crippen LogP contribution in [0.1, 0.15) is 57.6 Å². The van der Waals surface area contributed by atoms with Gasteiger partial charge in [-0.3, -0.25) is 0 Å². The van der Waals surface area contributed by atoms with E-state index < -0.39 is 0 Å². The Morgan fingerprint density at radius 1 is 1.15 bits per heavy atom. The fraction of sp³-hybridized carbons (Fsp3) is 0.647. The summed E-state index contributed by atoms with van der Waals surface area (Å²) in [6.45, 7) is 6.43. The maximum Gasteiger partial charge on any atom is 0.124 e. The molecule has 1 unspecified atom stereocenters. The summed E-state index contributed by atoms with van der Waals surface area (Å²) in [6.07, 6.45) is 5.28. The number of ether oxygens (including phenoxy) is 1. The number of para-hydroxylation sites is 1. The molecule has 0 aliphatic carbocycles. The molecule has 3 nitrogen and oxygen atoms in total. The summed E-state index contributed by atoms with van der Waals surface area (Å²) in [7, 11) is 0. The Labute approximate surface area is 123 Å². The highest BCUT2D eigenvalue weighted by Crippen LogP contribution is 2.25. The van der Waals surface area contributed by atoms with Gasteiger partial charge in [0.1, 0.15) is 5.75 Å². The lowest BCUT2D eigenvalue weighted by atomic mass is 10.1. The predicted octanol–water partition coefficient (Wildman–Crippen LogP) is 3.68. The third kappa shape index (κ3) is 6.40. The molecule has 0 radical (unpaired) electrons. The molecule has 0 saturated carbocycles. The fourth-order valence-corrected chi connectivity index (χ4v) is 2.19. The van der Waals surface area contributed by atoms with E-state index in [2.05, 4.69) is 31.3 Å². The number of nitrogens with one attached hydrogen (secondary N) is 1. The van der Waals surface area contributed by atoms with Crippen molar-refractivity contribution in [3.8, 4) is 5.75 Å². The third-order valence-corrected chi connectivity index (χ3v) is 3.40. The molecule has 0 aliphatic heterocycles. The first kappa shape index (κ1) is 17.0. The highest BCUT2D eigenvalue weighted by atomic mass is 16.5. The van der Waals surface area contributed by atoms with Crippen molar-refractivity contribution in [1.29, 1.82) is 0 Å². The van der Waals surface area contributed by atoms with Crippen LogP contribution in [0, 0.1) is 0 Å². The van der Waals surface area contributed by atoms with Crippen LogP contribution in [0.4, 0.5) is 0 Å². The zero-order valence-corrected chi connectivity index (χ0v) is 12.9. The molecule has 20 heavy (non-hydrogen) atoms. The second-order valence-corrected chi connectivity index (χ2v) is 5.20. The van der Waals surface area contributed by atoms with Crippen molar-refractivity contribution in [1.82, 2.24) is 5.32 Å². The van der Waals surface area contributed by atoms with Gasteiger partial charge in [0.05, 0.1) is 6.61 Å². The molecule has 0 heterocycles. The lowest BCUT2D eigenvalue weighted by molar-refractivity contribution is 0.272. The SMILES string of the molecule is CCCNC(C)c1ccccc1OCCCCCCO. The van der Waals surface area contributed by atoms with Crippen molar-refractivity contribution in [3.63, 3.8) is 0 Å². The number of unbranched alkanes of at least 4 members (excludes halogenated alkanes) is 3. The quantitative estimate of drug-likeness (QED) is 0.607. The van der Waals surface area contributed by atoms with Crippen molar-refractivity contribution in [3.05, 3.63) is 29.8 Å². The topological polar surface area (TPSA) is 41.5 Å². The van der Waals surface area contributed by atoms with E-state index in [4.69, 9.17) is 9.84 Å². The summed E-state index contributed by atoms with van der Waals surface area (Å²) in [5.74, 6) is 0.991. The smallest absolute Gasteiger partial charge is 0.124 e. The van der Waals surface area contributed by atoms with Gasteiger partial charge in [-0.15, -0.1) is 0 Å². The minimum absolute atomic E-state index is 0.296.